The molecule has 0 spiro atoms. The molecule has 2 fully saturated rings. The largest absolute Gasteiger partial charge is 0.329 e. The Morgan fingerprint density at radius 2 is 1.76 bits per heavy atom. The van der Waals surface area contributed by atoms with Crippen molar-refractivity contribution in [3.05, 3.63) is 35.9 Å². The Balaban J connectivity index is 1.57. The minimum Gasteiger partial charge on any atom is -0.329 e. The van der Waals surface area contributed by atoms with Crippen molar-refractivity contribution in [3.63, 3.8) is 0 Å². The van der Waals surface area contributed by atoms with Gasteiger partial charge in [-0.15, -0.1) is 0 Å². The molecule has 3 nitrogen and oxygen atoms in total. The third-order valence-corrected chi connectivity index (χ3v) is 5.55. The molecule has 3 heteroatoms. The molecule has 2 aliphatic rings. The fraction of sp³-hybridized carbons (Fsp3) is 0.667. The van der Waals surface area contributed by atoms with E-state index >= 15 is 0 Å². The lowest BCUT2D eigenvalue weighted by molar-refractivity contribution is 0.0171. The lowest BCUT2D eigenvalue weighted by Gasteiger charge is -2.47. The topological polar surface area (TPSA) is 32.5 Å². The zero-order valence-electron chi connectivity index (χ0n) is 13.3. The molecule has 1 aromatic carbocycles. The van der Waals surface area contributed by atoms with Crippen LogP contribution in [0.2, 0.25) is 0 Å². The van der Waals surface area contributed by atoms with E-state index in [1.807, 2.05) is 0 Å². The van der Waals surface area contributed by atoms with Gasteiger partial charge in [-0.2, -0.15) is 0 Å². The molecule has 2 N–H and O–H groups in total. The average Bonchev–Trinajstić information content (AvgIpc) is 3.37. The highest BCUT2D eigenvalue weighted by atomic mass is 15.3. The molecule has 1 atom stereocenters. The minimum absolute atomic E-state index is 0.291. The van der Waals surface area contributed by atoms with Crippen molar-refractivity contribution in [2.24, 2.45) is 11.7 Å². The van der Waals surface area contributed by atoms with Crippen LogP contribution in [0.3, 0.4) is 0 Å². The van der Waals surface area contributed by atoms with Crippen LogP contribution in [0.15, 0.2) is 30.3 Å². The summed E-state index contributed by atoms with van der Waals surface area (Å²) in [6.07, 6.45) is 3.97. The molecule has 3 rings (SSSR count). The third kappa shape index (κ3) is 3.15. The zero-order chi connectivity index (χ0) is 14.7. The van der Waals surface area contributed by atoms with Gasteiger partial charge in [0.15, 0.2) is 0 Å². The molecule has 1 saturated carbocycles. The smallest absolute Gasteiger partial charge is 0.0358 e. The van der Waals surface area contributed by atoms with E-state index in [0.717, 1.165) is 19.0 Å². The number of nitrogens with two attached hydrogens (primary N) is 1. The summed E-state index contributed by atoms with van der Waals surface area (Å²) in [7, 11) is 0. The van der Waals surface area contributed by atoms with Gasteiger partial charge in [0, 0.05) is 44.8 Å². The number of hydrogen-bond donors (Lipinski definition) is 1. The molecular weight excluding hydrogens is 258 g/mol. The van der Waals surface area contributed by atoms with Crippen molar-refractivity contribution in [3.8, 4) is 0 Å². The van der Waals surface area contributed by atoms with E-state index in [2.05, 4.69) is 47.1 Å². The number of benzene rings is 1. The van der Waals surface area contributed by atoms with Gasteiger partial charge < -0.3 is 5.73 Å². The predicted molar refractivity (Wildman–Crippen MR) is 88.1 cm³/mol. The van der Waals surface area contributed by atoms with Gasteiger partial charge in [-0.25, -0.2) is 0 Å². The Hall–Kier alpha value is -0.900. The highest BCUT2D eigenvalue weighted by molar-refractivity contribution is 5.14. The summed E-state index contributed by atoms with van der Waals surface area (Å²) in [6.45, 7) is 8.92. The van der Waals surface area contributed by atoms with Gasteiger partial charge in [-0.3, -0.25) is 9.80 Å². The second-order valence-electron chi connectivity index (χ2n) is 6.68. The predicted octanol–water partition coefficient (Wildman–Crippen LogP) is 2.32. The first-order valence-electron chi connectivity index (χ1n) is 8.50. The van der Waals surface area contributed by atoms with Crippen molar-refractivity contribution in [1.82, 2.24) is 9.80 Å². The normalized spacial score (nSPS) is 23.9. The van der Waals surface area contributed by atoms with Gasteiger partial charge in [0.05, 0.1) is 0 Å². The van der Waals surface area contributed by atoms with E-state index < -0.39 is 0 Å². The van der Waals surface area contributed by atoms with Crippen LogP contribution in [-0.2, 0) is 6.54 Å². The Labute approximate surface area is 129 Å². The summed E-state index contributed by atoms with van der Waals surface area (Å²) in [5, 5.41) is 0. The average molecular weight is 287 g/mol. The van der Waals surface area contributed by atoms with E-state index in [1.54, 1.807) is 0 Å². The number of rotatable bonds is 6. The van der Waals surface area contributed by atoms with Crippen molar-refractivity contribution in [2.45, 2.75) is 38.3 Å². The third-order valence-electron chi connectivity index (χ3n) is 5.55. The lowest BCUT2D eigenvalue weighted by Crippen LogP contribution is -2.61. The zero-order valence-corrected chi connectivity index (χ0v) is 13.3. The van der Waals surface area contributed by atoms with Crippen LogP contribution in [0.4, 0.5) is 0 Å². The van der Waals surface area contributed by atoms with Crippen LogP contribution < -0.4 is 5.73 Å². The van der Waals surface area contributed by atoms with E-state index in [1.165, 1.54) is 51.0 Å². The molecule has 1 aliphatic carbocycles. The van der Waals surface area contributed by atoms with Crippen LogP contribution in [0.1, 0.15) is 31.7 Å². The van der Waals surface area contributed by atoms with Crippen LogP contribution in [0.25, 0.3) is 0 Å². The molecule has 0 bridgehead atoms. The van der Waals surface area contributed by atoms with Gasteiger partial charge in [0.2, 0.25) is 0 Å². The molecule has 1 unspecified atom stereocenters. The lowest BCUT2D eigenvalue weighted by atomic mass is 9.87. The Morgan fingerprint density at radius 3 is 2.29 bits per heavy atom. The van der Waals surface area contributed by atoms with Crippen molar-refractivity contribution in [2.75, 3.05) is 32.7 Å². The Bertz CT molecular complexity index is 429. The second-order valence-corrected chi connectivity index (χ2v) is 6.68. The van der Waals surface area contributed by atoms with Gasteiger partial charge in [-0.05, 0) is 30.7 Å². The summed E-state index contributed by atoms with van der Waals surface area (Å²) in [6, 6.07) is 10.8. The van der Waals surface area contributed by atoms with E-state index in [4.69, 9.17) is 5.73 Å². The van der Waals surface area contributed by atoms with Crippen molar-refractivity contribution >= 4 is 0 Å². The highest BCUT2D eigenvalue weighted by Crippen LogP contribution is 2.44. The first-order valence-corrected chi connectivity index (χ1v) is 8.50. The number of hydrogen-bond acceptors (Lipinski definition) is 3. The van der Waals surface area contributed by atoms with Crippen LogP contribution in [0.5, 0.6) is 0 Å². The van der Waals surface area contributed by atoms with Crippen LogP contribution in [-0.4, -0.2) is 48.1 Å². The molecular formula is C18H29N3. The highest BCUT2D eigenvalue weighted by Gasteiger charge is 2.47. The van der Waals surface area contributed by atoms with Gasteiger partial charge in [0.25, 0.3) is 0 Å². The van der Waals surface area contributed by atoms with Gasteiger partial charge in [-0.1, -0.05) is 37.3 Å². The summed E-state index contributed by atoms with van der Waals surface area (Å²) in [4.78, 5) is 5.28. The Kier molecular flexibility index (Phi) is 4.63. The maximum atomic E-state index is 6.19. The van der Waals surface area contributed by atoms with Crippen molar-refractivity contribution in [1.29, 1.82) is 0 Å². The van der Waals surface area contributed by atoms with Crippen LogP contribution >= 0.6 is 0 Å². The van der Waals surface area contributed by atoms with E-state index in [0.29, 0.717) is 5.54 Å². The molecule has 1 aromatic rings. The monoisotopic (exact) mass is 287 g/mol. The fourth-order valence-corrected chi connectivity index (χ4v) is 4.02. The molecule has 0 amide bonds. The maximum absolute atomic E-state index is 6.19. The summed E-state index contributed by atoms with van der Waals surface area (Å²) in [5.41, 5.74) is 7.91. The summed E-state index contributed by atoms with van der Waals surface area (Å²) in [5.74, 6) is 0.855. The van der Waals surface area contributed by atoms with Crippen molar-refractivity contribution < 1.29 is 0 Å². The summed E-state index contributed by atoms with van der Waals surface area (Å²) >= 11 is 0. The fourth-order valence-electron chi connectivity index (χ4n) is 4.02. The number of piperazine rings is 1. The molecule has 1 aliphatic heterocycles. The summed E-state index contributed by atoms with van der Waals surface area (Å²) < 4.78 is 0. The molecule has 1 saturated heterocycles. The number of nitrogens with zero attached hydrogens (tertiary/aromatic N) is 2. The molecule has 1 heterocycles. The van der Waals surface area contributed by atoms with Gasteiger partial charge in [0.1, 0.15) is 0 Å². The molecule has 0 aromatic heterocycles. The molecule has 21 heavy (non-hydrogen) atoms. The molecule has 116 valence electrons. The Morgan fingerprint density at radius 1 is 1.10 bits per heavy atom. The standard InChI is InChI=1S/C18H29N3/c1-2-18(15-19,17-8-9-17)21-12-10-20(11-13-21)14-16-6-4-3-5-7-16/h3-7,17H,2,8-15,19H2,1H3. The maximum Gasteiger partial charge on any atom is 0.0358 e. The first kappa shape index (κ1) is 15.0. The molecule has 0 radical (unpaired) electrons. The van der Waals surface area contributed by atoms with Crippen LogP contribution in [0, 0.1) is 5.92 Å². The second kappa shape index (κ2) is 6.47. The van der Waals surface area contributed by atoms with E-state index in [9.17, 15) is 0 Å². The first-order chi connectivity index (χ1) is 10.3. The SMILES string of the molecule is CCC(CN)(C1CC1)N1CCN(Cc2ccccc2)CC1. The van der Waals surface area contributed by atoms with Gasteiger partial charge >= 0.3 is 0 Å². The minimum atomic E-state index is 0.291. The van der Waals surface area contributed by atoms with E-state index in [-0.39, 0.29) is 0 Å². The quantitative estimate of drug-likeness (QED) is 0.871.